The van der Waals surface area contributed by atoms with E-state index in [1.165, 1.54) is 0 Å². The molecule has 2 aromatic carbocycles. The van der Waals surface area contributed by atoms with Gasteiger partial charge in [0, 0.05) is 11.6 Å². The van der Waals surface area contributed by atoms with Crippen LogP contribution in [0.2, 0.25) is 0 Å². The normalized spacial score (nSPS) is 16.0. The predicted octanol–water partition coefficient (Wildman–Crippen LogP) is 4.54. The van der Waals surface area contributed by atoms with Crippen molar-refractivity contribution in [2.75, 3.05) is 0 Å². The van der Waals surface area contributed by atoms with Crippen molar-refractivity contribution in [3.8, 4) is 0 Å². The van der Waals surface area contributed by atoms with Gasteiger partial charge in [-0.25, -0.2) is 9.79 Å². The number of ether oxygens (including phenoxy) is 1. The van der Waals surface area contributed by atoms with Crippen LogP contribution in [0.3, 0.4) is 0 Å². The zero-order valence-corrected chi connectivity index (χ0v) is 13.4. The molecule has 23 heavy (non-hydrogen) atoms. The van der Waals surface area contributed by atoms with Crippen molar-refractivity contribution in [1.82, 2.24) is 0 Å². The Labute approximate surface area is 140 Å². The number of cyclic esters (lactones) is 1. The number of hydrogen-bond donors (Lipinski definition) is 0. The second-order valence-electron chi connectivity index (χ2n) is 5.04. The summed E-state index contributed by atoms with van der Waals surface area (Å²) in [7, 11) is 0. The summed E-state index contributed by atoms with van der Waals surface area (Å²) in [5, 5.41) is 2.19. The number of carbonyl (C=O) groups excluding carboxylic acids is 1. The van der Waals surface area contributed by atoms with Crippen molar-refractivity contribution < 1.29 is 13.9 Å². The van der Waals surface area contributed by atoms with E-state index in [0.29, 0.717) is 16.3 Å². The van der Waals surface area contributed by atoms with Crippen molar-refractivity contribution in [2.45, 2.75) is 0 Å². The molecule has 0 saturated carbocycles. The lowest BCUT2D eigenvalue weighted by molar-refractivity contribution is -0.129. The number of fused-ring (bicyclic) bond motifs is 1. The lowest BCUT2D eigenvalue weighted by Gasteiger charge is -2.02. The molecule has 0 amide bonds. The van der Waals surface area contributed by atoms with E-state index in [0.717, 1.165) is 16.3 Å². The summed E-state index contributed by atoms with van der Waals surface area (Å²) in [4.78, 5) is 16.3. The third-order valence-electron chi connectivity index (χ3n) is 3.49. The standard InChI is InChI=1S/C18H10BrNO3/c19-16-8-7-14(22-16)10-15-18(21)23-17(20-15)13-6-5-11-3-1-2-4-12(11)9-13/h1-10H/b15-10-. The van der Waals surface area contributed by atoms with Gasteiger partial charge in [-0.1, -0.05) is 30.3 Å². The molecule has 4 rings (SSSR count). The van der Waals surface area contributed by atoms with Crippen molar-refractivity contribution in [3.63, 3.8) is 0 Å². The van der Waals surface area contributed by atoms with E-state index in [-0.39, 0.29) is 5.70 Å². The fraction of sp³-hybridized carbons (Fsp3) is 0. The lowest BCUT2D eigenvalue weighted by Crippen LogP contribution is -2.05. The SMILES string of the molecule is O=C1OC(c2ccc3ccccc3c2)=N/C1=C\c1ccc(Br)o1. The molecule has 1 aromatic heterocycles. The smallest absolute Gasteiger partial charge is 0.363 e. The molecule has 2 heterocycles. The molecule has 0 aliphatic carbocycles. The molecule has 0 atom stereocenters. The molecule has 1 aliphatic heterocycles. The fourth-order valence-electron chi connectivity index (χ4n) is 2.40. The molecule has 5 heteroatoms. The van der Waals surface area contributed by atoms with Gasteiger partial charge in [-0.05, 0) is 51.0 Å². The van der Waals surface area contributed by atoms with Crippen molar-refractivity contribution in [3.05, 3.63) is 76.3 Å². The summed E-state index contributed by atoms with van der Waals surface area (Å²) in [5.41, 5.74) is 0.982. The molecule has 0 unspecified atom stereocenters. The quantitative estimate of drug-likeness (QED) is 0.493. The van der Waals surface area contributed by atoms with E-state index in [1.807, 2.05) is 42.5 Å². The van der Waals surface area contributed by atoms with Crippen LogP contribution in [0.5, 0.6) is 0 Å². The first-order valence-corrected chi connectivity index (χ1v) is 7.75. The monoisotopic (exact) mass is 367 g/mol. The Hall–Kier alpha value is -2.66. The highest BCUT2D eigenvalue weighted by atomic mass is 79.9. The maximum Gasteiger partial charge on any atom is 0.363 e. The van der Waals surface area contributed by atoms with E-state index in [4.69, 9.17) is 9.15 Å². The fourth-order valence-corrected chi connectivity index (χ4v) is 2.71. The van der Waals surface area contributed by atoms with Crippen LogP contribution in [0.4, 0.5) is 0 Å². The average molecular weight is 368 g/mol. The molecule has 3 aromatic rings. The maximum absolute atomic E-state index is 12.0. The first-order valence-electron chi connectivity index (χ1n) is 6.96. The number of rotatable bonds is 2. The van der Waals surface area contributed by atoms with Gasteiger partial charge in [-0.2, -0.15) is 0 Å². The Bertz CT molecular complexity index is 985. The van der Waals surface area contributed by atoms with Crippen LogP contribution in [0.15, 0.2) is 74.4 Å². The lowest BCUT2D eigenvalue weighted by atomic mass is 10.1. The molecule has 0 bridgehead atoms. The van der Waals surface area contributed by atoms with Crippen LogP contribution in [-0.2, 0) is 9.53 Å². The van der Waals surface area contributed by atoms with Crippen molar-refractivity contribution >= 4 is 44.6 Å². The first kappa shape index (κ1) is 14.0. The van der Waals surface area contributed by atoms with Crippen molar-refractivity contribution in [2.24, 2.45) is 4.99 Å². The van der Waals surface area contributed by atoms with Crippen LogP contribution in [-0.4, -0.2) is 11.9 Å². The first-order chi connectivity index (χ1) is 11.2. The average Bonchev–Trinajstić information content (AvgIpc) is 3.13. The highest BCUT2D eigenvalue weighted by molar-refractivity contribution is 9.10. The predicted molar refractivity (Wildman–Crippen MR) is 91.0 cm³/mol. The zero-order valence-electron chi connectivity index (χ0n) is 11.8. The van der Waals surface area contributed by atoms with Crippen LogP contribution in [0.1, 0.15) is 11.3 Å². The summed E-state index contributed by atoms with van der Waals surface area (Å²) in [6.07, 6.45) is 1.56. The maximum atomic E-state index is 12.0. The van der Waals surface area contributed by atoms with Gasteiger partial charge in [0.15, 0.2) is 10.4 Å². The van der Waals surface area contributed by atoms with Gasteiger partial charge >= 0.3 is 5.97 Å². The minimum atomic E-state index is -0.485. The molecule has 0 radical (unpaired) electrons. The number of esters is 1. The third-order valence-corrected chi connectivity index (χ3v) is 3.92. The molecule has 4 nitrogen and oxygen atoms in total. The van der Waals surface area contributed by atoms with Gasteiger partial charge in [0.1, 0.15) is 5.76 Å². The number of benzene rings is 2. The van der Waals surface area contributed by atoms with Gasteiger partial charge in [-0.15, -0.1) is 0 Å². The largest absolute Gasteiger partial charge is 0.450 e. The Morgan fingerprint density at radius 1 is 1.00 bits per heavy atom. The van der Waals surface area contributed by atoms with E-state index >= 15 is 0 Å². The van der Waals surface area contributed by atoms with Gasteiger partial charge in [0.2, 0.25) is 5.90 Å². The Morgan fingerprint density at radius 2 is 1.83 bits per heavy atom. The molecule has 0 N–H and O–H groups in total. The molecule has 0 spiro atoms. The van der Waals surface area contributed by atoms with Crippen LogP contribution in [0.25, 0.3) is 16.8 Å². The Morgan fingerprint density at radius 3 is 2.61 bits per heavy atom. The summed E-state index contributed by atoms with van der Waals surface area (Å²) in [6, 6.07) is 17.3. The zero-order chi connectivity index (χ0) is 15.8. The second-order valence-corrected chi connectivity index (χ2v) is 5.82. The van der Waals surface area contributed by atoms with Crippen LogP contribution in [0, 0.1) is 0 Å². The number of furan rings is 1. The Kier molecular flexibility index (Phi) is 3.35. The summed E-state index contributed by atoms with van der Waals surface area (Å²) in [6.45, 7) is 0. The minimum Gasteiger partial charge on any atom is -0.450 e. The van der Waals surface area contributed by atoms with E-state index in [9.17, 15) is 4.79 Å². The van der Waals surface area contributed by atoms with Crippen LogP contribution < -0.4 is 0 Å². The molecular weight excluding hydrogens is 358 g/mol. The highest BCUT2D eigenvalue weighted by Gasteiger charge is 2.24. The Balaban J connectivity index is 1.72. The number of hydrogen-bond acceptors (Lipinski definition) is 4. The van der Waals surface area contributed by atoms with Gasteiger partial charge in [0.25, 0.3) is 0 Å². The topological polar surface area (TPSA) is 51.8 Å². The highest BCUT2D eigenvalue weighted by Crippen LogP contribution is 2.23. The van der Waals surface area contributed by atoms with E-state index in [1.54, 1.807) is 18.2 Å². The molecule has 1 aliphatic rings. The van der Waals surface area contributed by atoms with Crippen LogP contribution >= 0.6 is 15.9 Å². The minimum absolute atomic E-state index is 0.218. The third kappa shape index (κ3) is 2.71. The molecule has 0 saturated heterocycles. The number of halogens is 1. The van der Waals surface area contributed by atoms with E-state index in [2.05, 4.69) is 20.9 Å². The van der Waals surface area contributed by atoms with Gasteiger partial charge < -0.3 is 9.15 Å². The van der Waals surface area contributed by atoms with Crippen molar-refractivity contribution in [1.29, 1.82) is 0 Å². The van der Waals surface area contributed by atoms with Gasteiger partial charge in [-0.3, -0.25) is 0 Å². The van der Waals surface area contributed by atoms with Gasteiger partial charge in [0.05, 0.1) is 0 Å². The summed E-state index contributed by atoms with van der Waals surface area (Å²) < 4.78 is 11.2. The molecule has 0 fully saturated rings. The number of nitrogens with zero attached hydrogens (tertiary/aromatic N) is 1. The number of carbonyl (C=O) groups is 1. The van der Waals surface area contributed by atoms with E-state index < -0.39 is 5.97 Å². The summed E-state index contributed by atoms with van der Waals surface area (Å²) in [5.74, 6) is 0.352. The second kappa shape index (κ2) is 5.52. The number of aliphatic imine (C=N–C) groups is 1. The summed E-state index contributed by atoms with van der Waals surface area (Å²) >= 11 is 3.22. The molecular formula is C18H10BrNO3. The molecule has 112 valence electrons.